The quantitative estimate of drug-likeness (QED) is 0.697. The van der Waals surface area contributed by atoms with Gasteiger partial charge in [0.1, 0.15) is 0 Å². The molecule has 4 N–H and O–H groups in total. The fraction of sp³-hybridized carbons (Fsp3) is 0.350. The zero-order valence-corrected chi connectivity index (χ0v) is 14.5. The van der Waals surface area contributed by atoms with E-state index in [-0.39, 0.29) is 13.4 Å². The second-order valence-electron chi connectivity index (χ2n) is 5.96. The van der Waals surface area contributed by atoms with Crippen LogP contribution in [0.3, 0.4) is 0 Å². The Kier molecular flexibility index (Phi) is 6.97. The van der Waals surface area contributed by atoms with Gasteiger partial charge in [-0.05, 0) is 54.4 Å². The molecule has 0 aliphatic heterocycles. The normalized spacial score (nSPS) is 12.0. The van der Waals surface area contributed by atoms with Crippen molar-refractivity contribution in [3.05, 3.63) is 59.7 Å². The number of benzene rings is 2. The maximum absolute atomic E-state index is 11.6. The first-order chi connectivity index (χ1) is 11.6. The lowest BCUT2D eigenvalue weighted by molar-refractivity contribution is -0.120. The molecule has 1 unspecified atom stereocenters. The Labute approximate surface area is 145 Å². The number of carbonyl (C=O) groups excluding carboxylic acids is 1. The van der Waals surface area contributed by atoms with Gasteiger partial charge >= 0.3 is 0 Å². The molecule has 1 atom stereocenters. The highest BCUT2D eigenvalue weighted by Gasteiger charge is 2.10. The van der Waals surface area contributed by atoms with E-state index >= 15 is 0 Å². The highest BCUT2D eigenvalue weighted by molar-refractivity contribution is 5.75. The Hall–Kier alpha value is -2.17. The molecule has 1 amide bonds. The number of amides is 1. The van der Waals surface area contributed by atoms with Gasteiger partial charge in [0.05, 0.1) is 0 Å². The predicted molar refractivity (Wildman–Crippen MR) is 102 cm³/mol. The number of rotatable bonds is 8. The summed E-state index contributed by atoms with van der Waals surface area (Å²) < 4.78 is 0. The molecule has 0 spiro atoms. The van der Waals surface area contributed by atoms with Crippen LogP contribution in [0.2, 0.25) is 0 Å². The molecule has 0 fully saturated rings. The van der Waals surface area contributed by atoms with Crippen LogP contribution in [0.5, 0.6) is 0 Å². The van der Waals surface area contributed by atoms with E-state index in [9.17, 15) is 4.79 Å². The number of nitrogens with two attached hydrogens (primary N) is 1. The highest BCUT2D eigenvalue weighted by atomic mass is 16.1. The summed E-state index contributed by atoms with van der Waals surface area (Å²) >= 11 is 0. The second kappa shape index (κ2) is 9.21. The third kappa shape index (κ3) is 5.18. The molecule has 0 bridgehead atoms. The molecule has 4 heteroatoms. The smallest absolute Gasteiger partial charge is 0.219 e. The summed E-state index contributed by atoms with van der Waals surface area (Å²) in [5, 5.41) is 6.08. The van der Waals surface area contributed by atoms with Crippen molar-refractivity contribution >= 4 is 5.91 Å². The van der Waals surface area contributed by atoms with Crippen LogP contribution in [0.4, 0.5) is 0 Å². The second-order valence-corrected chi connectivity index (χ2v) is 5.96. The van der Waals surface area contributed by atoms with Crippen molar-refractivity contribution < 1.29 is 6.22 Å². The van der Waals surface area contributed by atoms with E-state index in [0.717, 1.165) is 35.2 Å². The average molecular weight is 327 g/mol. The minimum atomic E-state index is -0.0262. The van der Waals surface area contributed by atoms with E-state index in [1.54, 1.807) is 0 Å². The summed E-state index contributed by atoms with van der Waals surface area (Å²) in [6, 6.07) is 16.6. The maximum Gasteiger partial charge on any atom is 0.219 e. The average Bonchev–Trinajstić information content (AvgIpc) is 2.64. The van der Waals surface area contributed by atoms with Crippen LogP contribution in [0, 0.1) is 0 Å². The molecule has 0 heterocycles. The molecular weight excluding hydrogens is 298 g/mol. The van der Waals surface area contributed by atoms with Crippen molar-refractivity contribution in [1.82, 2.24) is 10.6 Å². The monoisotopic (exact) mass is 327 g/mol. The molecule has 0 aliphatic rings. The molecule has 0 saturated heterocycles. The molecule has 2 rings (SSSR count). The Morgan fingerprint density at radius 2 is 1.92 bits per heavy atom. The molecule has 0 saturated carbocycles. The first-order valence-electron chi connectivity index (χ1n) is 8.50. The molecule has 24 heavy (non-hydrogen) atoms. The maximum atomic E-state index is 11.6. The van der Waals surface area contributed by atoms with Gasteiger partial charge in [-0.1, -0.05) is 43.3 Å². The topological polar surface area (TPSA) is 67.2 Å². The van der Waals surface area contributed by atoms with Gasteiger partial charge in [0.25, 0.3) is 0 Å². The van der Waals surface area contributed by atoms with E-state index in [1.165, 1.54) is 0 Å². The molecular formula is C20H29N3O. The summed E-state index contributed by atoms with van der Waals surface area (Å²) in [5.41, 5.74) is 10.8. The third-order valence-corrected chi connectivity index (χ3v) is 4.07. The summed E-state index contributed by atoms with van der Waals surface area (Å²) in [7, 11) is 1.93. The summed E-state index contributed by atoms with van der Waals surface area (Å²) in [5.74, 6) is 0.0566. The van der Waals surface area contributed by atoms with Gasteiger partial charge in [-0.3, -0.25) is 4.79 Å². The molecule has 0 aromatic heterocycles. The van der Waals surface area contributed by atoms with Gasteiger partial charge < -0.3 is 16.4 Å². The Balaban J connectivity index is 0.00000312. The number of nitrogens with one attached hydrogen (secondary N) is 2. The van der Waals surface area contributed by atoms with E-state index in [0.29, 0.717) is 13.0 Å². The summed E-state index contributed by atoms with van der Waals surface area (Å²) in [4.78, 5) is 11.6. The molecule has 130 valence electrons. The van der Waals surface area contributed by atoms with Crippen LogP contribution >= 0.6 is 0 Å². The fourth-order valence-corrected chi connectivity index (χ4v) is 2.62. The van der Waals surface area contributed by atoms with Crippen LogP contribution < -0.4 is 16.4 Å². The van der Waals surface area contributed by atoms with Gasteiger partial charge in [-0.15, -0.1) is 0 Å². The van der Waals surface area contributed by atoms with Gasteiger partial charge in [0.2, 0.25) is 5.91 Å². The fourth-order valence-electron chi connectivity index (χ4n) is 2.62. The summed E-state index contributed by atoms with van der Waals surface area (Å²) in [6.07, 6.45) is 1.36. The van der Waals surface area contributed by atoms with E-state index in [2.05, 4.69) is 41.0 Å². The largest absolute Gasteiger partial charge is 0.352 e. The minimum Gasteiger partial charge on any atom is -0.352 e. The van der Waals surface area contributed by atoms with E-state index in [1.807, 2.05) is 32.2 Å². The molecule has 0 aliphatic carbocycles. The zero-order chi connectivity index (χ0) is 17.4. The number of hydrogen-bond acceptors (Lipinski definition) is 3. The zero-order valence-electron chi connectivity index (χ0n) is 14.5. The SMILES string of the molecule is CCC(=O)NCc1cc(-c2ccccc2)cc(C(N)CCNC)c1.[HH]. The van der Waals surface area contributed by atoms with E-state index < -0.39 is 0 Å². The van der Waals surface area contributed by atoms with Crippen molar-refractivity contribution in [1.29, 1.82) is 0 Å². The van der Waals surface area contributed by atoms with Gasteiger partial charge in [-0.2, -0.15) is 0 Å². The lowest BCUT2D eigenvalue weighted by atomic mass is 9.95. The minimum absolute atomic E-state index is 0. The Morgan fingerprint density at radius 1 is 1.17 bits per heavy atom. The summed E-state index contributed by atoms with van der Waals surface area (Å²) in [6.45, 7) is 3.26. The van der Waals surface area contributed by atoms with Crippen molar-refractivity contribution in [3.8, 4) is 11.1 Å². The van der Waals surface area contributed by atoms with Crippen LogP contribution in [0.15, 0.2) is 48.5 Å². The standard InChI is InChI=1S/C20H27N3O.H2/c1-3-20(24)23-14-15-11-17(16-7-5-4-6-8-16)13-18(12-15)19(21)9-10-22-2;/h4-8,11-13,19,22H,3,9-10,14,21H2,1-2H3,(H,23,24);1H. The first-order valence-corrected chi connectivity index (χ1v) is 8.50. The number of hydrogen-bond donors (Lipinski definition) is 3. The third-order valence-electron chi connectivity index (χ3n) is 4.07. The van der Waals surface area contributed by atoms with Crippen LogP contribution in [0.1, 0.15) is 38.4 Å². The lowest BCUT2D eigenvalue weighted by Crippen LogP contribution is -2.22. The van der Waals surface area contributed by atoms with Gasteiger partial charge in [0, 0.05) is 20.4 Å². The van der Waals surface area contributed by atoms with Gasteiger partial charge in [0.15, 0.2) is 0 Å². The van der Waals surface area contributed by atoms with Crippen LogP contribution in [0.25, 0.3) is 11.1 Å². The highest BCUT2D eigenvalue weighted by Crippen LogP contribution is 2.25. The molecule has 4 nitrogen and oxygen atoms in total. The van der Waals surface area contributed by atoms with Crippen molar-refractivity contribution in [2.45, 2.75) is 32.4 Å². The Morgan fingerprint density at radius 3 is 2.58 bits per heavy atom. The predicted octanol–water partition coefficient (Wildman–Crippen LogP) is 3.24. The number of carbonyl (C=O) groups is 1. The Bertz CT molecular complexity index is 661. The first kappa shape index (κ1) is 18.2. The van der Waals surface area contributed by atoms with Gasteiger partial charge in [-0.25, -0.2) is 0 Å². The molecule has 0 radical (unpaired) electrons. The van der Waals surface area contributed by atoms with Crippen LogP contribution in [-0.4, -0.2) is 19.5 Å². The molecule has 2 aromatic rings. The van der Waals surface area contributed by atoms with Crippen LogP contribution in [-0.2, 0) is 11.3 Å². The van der Waals surface area contributed by atoms with E-state index in [4.69, 9.17) is 5.73 Å². The lowest BCUT2D eigenvalue weighted by Gasteiger charge is -2.16. The van der Waals surface area contributed by atoms with Crippen molar-refractivity contribution in [2.75, 3.05) is 13.6 Å². The van der Waals surface area contributed by atoms with Crippen molar-refractivity contribution in [3.63, 3.8) is 0 Å². The molecule has 2 aromatic carbocycles. The van der Waals surface area contributed by atoms with Crippen molar-refractivity contribution in [2.24, 2.45) is 5.73 Å².